The highest BCUT2D eigenvalue weighted by Crippen LogP contribution is 2.19. The molecule has 2 unspecified atom stereocenters. The molecule has 94 valence electrons. The molecule has 3 nitrogen and oxygen atoms in total. The molecule has 0 aromatic heterocycles. The molecule has 0 bridgehead atoms. The molecule has 0 saturated carbocycles. The predicted molar refractivity (Wildman–Crippen MR) is 68.6 cm³/mol. The molecule has 2 rings (SSSR count). The van der Waals surface area contributed by atoms with E-state index in [4.69, 9.17) is 9.47 Å². The van der Waals surface area contributed by atoms with E-state index in [1.54, 1.807) is 0 Å². The fourth-order valence-corrected chi connectivity index (χ4v) is 1.99. The Morgan fingerprint density at radius 3 is 2.88 bits per heavy atom. The molecule has 3 heteroatoms. The Morgan fingerprint density at radius 1 is 1.41 bits per heavy atom. The average molecular weight is 235 g/mol. The molecule has 0 aliphatic carbocycles. The van der Waals surface area contributed by atoms with Crippen molar-refractivity contribution in [1.82, 2.24) is 5.32 Å². The monoisotopic (exact) mass is 235 g/mol. The molecule has 0 radical (unpaired) electrons. The first-order chi connectivity index (χ1) is 8.15. The van der Waals surface area contributed by atoms with Gasteiger partial charge in [0.05, 0.1) is 18.8 Å². The van der Waals surface area contributed by atoms with Crippen molar-refractivity contribution in [1.29, 1.82) is 0 Å². The van der Waals surface area contributed by atoms with Crippen LogP contribution in [-0.2, 0) is 4.74 Å². The number of benzene rings is 1. The Bertz CT molecular complexity index is 370. The second kappa shape index (κ2) is 5.52. The Balaban J connectivity index is 1.85. The van der Waals surface area contributed by atoms with Crippen molar-refractivity contribution in [2.24, 2.45) is 0 Å². The zero-order valence-electron chi connectivity index (χ0n) is 10.8. The summed E-state index contributed by atoms with van der Waals surface area (Å²) in [6.45, 7) is 8.54. The van der Waals surface area contributed by atoms with Crippen LogP contribution in [0.3, 0.4) is 0 Å². The molecule has 2 atom stereocenters. The van der Waals surface area contributed by atoms with Crippen LogP contribution in [0.4, 0.5) is 0 Å². The highest BCUT2D eigenvalue weighted by molar-refractivity contribution is 5.35. The van der Waals surface area contributed by atoms with Gasteiger partial charge in [0.15, 0.2) is 0 Å². The third-order valence-electron chi connectivity index (χ3n) is 3.05. The van der Waals surface area contributed by atoms with Crippen molar-refractivity contribution < 1.29 is 9.47 Å². The number of aryl methyl sites for hydroxylation is 2. The highest BCUT2D eigenvalue weighted by atomic mass is 16.5. The Kier molecular flexibility index (Phi) is 4.02. The first-order valence-corrected chi connectivity index (χ1v) is 6.20. The lowest BCUT2D eigenvalue weighted by Crippen LogP contribution is -2.48. The maximum Gasteiger partial charge on any atom is 0.122 e. The number of ether oxygens (including phenoxy) is 2. The van der Waals surface area contributed by atoms with Gasteiger partial charge in [0, 0.05) is 6.54 Å². The fourth-order valence-electron chi connectivity index (χ4n) is 1.99. The molecule has 0 amide bonds. The zero-order chi connectivity index (χ0) is 12.3. The molecule has 1 heterocycles. The van der Waals surface area contributed by atoms with E-state index in [1.807, 2.05) is 6.07 Å². The van der Waals surface area contributed by atoms with Crippen molar-refractivity contribution in [3.05, 3.63) is 29.3 Å². The summed E-state index contributed by atoms with van der Waals surface area (Å²) in [6, 6.07) is 6.56. The lowest BCUT2D eigenvalue weighted by atomic mass is 10.1. The van der Waals surface area contributed by atoms with Crippen molar-refractivity contribution in [3.63, 3.8) is 0 Å². The number of hydrogen-bond acceptors (Lipinski definition) is 3. The van der Waals surface area contributed by atoms with Gasteiger partial charge in [0.1, 0.15) is 12.4 Å². The SMILES string of the molecule is Cc1ccc(OCC2COC(C)CN2)c(C)c1. The van der Waals surface area contributed by atoms with E-state index in [0.29, 0.717) is 18.8 Å². The van der Waals surface area contributed by atoms with E-state index >= 15 is 0 Å². The summed E-state index contributed by atoms with van der Waals surface area (Å²) in [5.74, 6) is 0.969. The van der Waals surface area contributed by atoms with Crippen molar-refractivity contribution >= 4 is 0 Å². The minimum atomic E-state index is 0.298. The number of morpholine rings is 1. The van der Waals surface area contributed by atoms with Gasteiger partial charge in [-0.25, -0.2) is 0 Å². The van der Waals surface area contributed by atoms with E-state index in [1.165, 1.54) is 11.1 Å². The normalized spacial score (nSPS) is 24.6. The molecule has 1 saturated heterocycles. The number of nitrogens with one attached hydrogen (secondary N) is 1. The summed E-state index contributed by atoms with van der Waals surface area (Å²) in [4.78, 5) is 0. The number of hydrogen-bond donors (Lipinski definition) is 1. The minimum Gasteiger partial charge on any atom is -0.492 e. The quantitative estimate of drug-likeness (QED) is 0.870. The third-order valence-corrected chi connectivity index (χ3v) is 3.05. The molecule has 1 aliphatic rings. The molecule has 1 fully saturated rings. The summed E-state index contributed by atoms with van der Waals surface area (Å²) >= 11 is 0. The summed E-state index contributed by atoms with van der Waals surface area (Å²) < 4.78 is 11.4. The van der Waals surface area contributed by atoms with Crippen LogP contribution >= 0.6 is 0 Å². The van der Waals surface area contributed by atoms with Gasteiger partial charge in [-0.1, -0.05) is 17.7 Å². The fraction of sp³-hybridized carbons (Fsp3) is 0.571. The van der Waals surface area contributed by atoms with E-state index in [0.717, 1.165) is 18.9 Å². The molecule has 1 aromatic carbocycles. The van der Waals surface area contributed by atoms with Crippen molar-refractivity contribution in [3.8, 4) is 5.75 Å². The molecule has 1 N–H and O–H groups in total. The lowest BCUT2D eigenvalue weighted by molar-refractivity contribution is 0.00450. The van der Waals surface area contributed by atoms with Gasteiger partial charge >= 0.3 is 0 Å². The predicted octanol–water partition coefficient (Wildman–Crippen LogP) is 2.06. The minimum absolute atomic E-state index is 0.298. The maximum absolute atomic E-state index is 5.82. The first kappa shape index (κ1) is 12.4. The second-order valence-corrected chi connectivity index (χ2v) is 4.83. The number of rotatable bonds is 3. The van der Waals surface area contributed by atoms with Gasteiger partial charge in [0.25, 0.3) is 0 Å². The van der Waals surface area contributed by atoms with E-state index < -0.39 is 0 Å². The smallest absolute Gasteiger partial charge is 0.122 e. The van der Waals surface area contributed by atoms with Crippen molar-refractivity contribution in [2.45, 2.75) is 32.9 Å². The van der Waals surface area contributed by atoms with E-state index in [-0.39, 0.29) is 0 Å². The maximum atomic E-state index is 5.82. The summed E-state index contributed by atoms with van der Waals surface area (Å²) in [7, 11) is 0. The summed E-state index contributed by atoms with van der Waals surface area (Å²) in [5.41, 5.74) is 2.46. The lowest BCUT2D eigenvalue weighted by Gasteiger charge is -2.28. The topological polar surface area (TPSA) is 30.5 Å². The molecule has 1 aromatic rings. The average Bonchev–Trinajstić information content (AvgIpc) is 2.30. The van der Waals surface area contributed by atoms with E-state index in [2.05, 4.69) is 38.2 Å². The Labute approximate surface area is 103 Å². The van der Waals surface area contributed by atoms with Crippen LogP contribution in [0.15, 0.2) is 18.2 Å². The van der Waals surface area contributed by atoms with Gasteiger partial charge in [-0.15, -0.1) is 0 Å². The molecular formula is C14H21NO2. The molecule has 0 spiro atoms. The Morgan fingerprint density at radius 2 is 2.24 bits per heavy atom. The zero-order valence-corrected chi connectivity index (χ0v) is 10.8. The van der Waals surface area contributed by atoms with Crippen LogP contribution in [-0.4, -0.2) is 31.9 Å². The van der Waals surface area contributed by atoms with Gasteiger partial charge in [-0.2, -0.15) is 0 Å². The first-order valence-electron chi connectivity index (χ1n) is 6.20. The van der Waals surface area contributed by atoms with Gasteiger partial charge in [0.2, 0.25) is 0 Å². The van der Waals surface area contributed by atoms with Gasteiger partial charge in [-0.05, 0) is 32.4 Å². The van der Waals surface area contributed by atoms with Crippen LogP contribution in [0.25, 0.3) is 0 Å². The largest absolute Gasteiger partial charge is 0.492 e. The Hall–Kier alpha value is -1.06. The van der Waals surface area contributed by atoms with Crippen LogP contribution in [0.1, 0.15) is 18.1 Å². The molecule has 17 heavy (non-hydrogen) atoms. The van der Waals surface area contributed by atoms with Crippen molar-refractivity contribution in [2.75, 3.05) is 19.8 Å². The van der Waals surface area contributed by atoms with Gasteiger partial charge < -0.3 is 14.8 Å². The van der Waals surface area contributed by atoms with Crippen LogP contribution in [0.2, 0.25) is 0 Å². The van der Waals surface area contributed by atoms with Gasteiger partial charge in [-0.3, -0.25) is 0 Å². The summed E-state index contributed by atoms with van der Waals surface area (Å²) in [5, 5.41) is 3.42. The van der Waals surface area contributed by atoms with Crippen LogP contribution in [0, 0.1) is 13.8 Å². The van der Waals surface area contributed by atoms with E-state index in [9.17, 15) is 0 Å². The molecule has 1 aliphatic heterocycles. The van der Waals surface area contributed by atoms with Crippen LogP contribution < -0.4 is 10.1 Å². The molecular weight excluding hydrogens is 214 g/mol. The standard InChI is InChI=1S/C14H21NO2/c1-10-4-5-14(11(2)6-10)17-9-13-8-16-12(3)7-15-13/h4-6,12-13,15H,7-9H2,1-3H3. The van der Waals surface area contributed by atoms with Crippen LogP contribution in [0.5, 0.6) is 5.75 Å². The highest BCUT2D eigenvalue weighted by Gasteiger charge is 2.18. The second-order valence-electron chi connectivity index (χ2n) is 4.83. The summed E-state index contributed by atoms with van der Waals surface area (Å²) in [6.07, 6.45) is 0.312. The third kappa shape index (κ3) is 3.45.